The van der Waals surface area contributed by atoms with Crippen molar-refractivity contribution in [3.8, 4) is 16.9 Å². The van der Waals surface area contributed by atoms with E-state index in [9.17, 15) is 4.39 Å². The van der Waals surface area contributed by atoms with Crippen molar-refractivity contribution in [1.29, 1.82) is 0 Å². The maximum atomic E-state index is 14.5. The van der Waals surface area contributed by atoms with E-state index in [1.165, 1.54) is 12.4 Å². The van der Waals surface area contributed by atoms with E-state index in [1.54, 1.807) is 41.5 Å². The van der Waals surface area contributed by atoms with Gasteiger partial charge in [0.15, 0.2) is 17.7 Å². The predicted octanol–water partition coefficient (Wildman–Crippen LogP) is 5.50. The predicted molar refractivity (Wildman–Crippen MR) is 128 cm³/mol. The van der Waals surface area contributed by atoms with Crippen molar-refractivity contribution in [2.75, 3.05) is 5.32 Å². The molecule has 5 aromatic rings. The summed E-state index contributed by atoms with van der Waals surface area (Å²) >= 11 is 5.94. The maximum absolute atomic E-state index is 14.5. The van der Waals surface area contributed by atoms with Crippen LogP contribution in [0.1, 0.15) is 18.9 Å². The summed E-state index contributed by atoms with van der Waals surface area (Å²) in [5, 5.41) is 7.97. The Labute approximate surface area is 199 Å². The Balaban J connectivity index is 1.63. The molecular formula is C24H19ClFN7O. The van der Waals surface area contributed by atoms with E-state index in [0.29, 0.717) is 28.3 Å². The van der Waals surface area contributed by atoms with Crippen LogP contribution in [-0.2, 0) is 7.05 Å². The maximum Gasteiger partial charge on any atom is 0.168 e. The summed E-state index contributed by atoms with van der Waals surface area (Å²) in [5.41, 5.74) is 2.50. The molecule has 0 bridgehead atoms. The van der Waals surface area contributed by atoms with Gasteiger partial charge in [0, 0.05) is 42.2 Å². The molecule has 0 fully saturated rings. The van der Waals surface area contributed by atoms with E-state index >= 15 is 0 Å². The van der Waals surface area contributed by atoms with Crippen molar-refractivity contribution in [2.45, 2.75) is 13.0 Å². The zero-order valence-corrected chi connectivity index (χ0v) is 19.0. The highest BCUT2D eigenvalue weighted by Crippen LogP contribution is 2.38. The summed E-state index contributed by atoms with van der Waals surface area (Å²) in [7, 11) is 1.84. The lowest BCUT2D eigenvalue weighted by Crippen LogP contribution is -2.08. The Morgan fingerprint density at radius 2 is 1.91 bits per heavy atom. The number of hydrogen-bond donors (Lipinski definition) is 1. The number of ether oxygens (including phenoxy) is 1. The molecule has 3 heterocycles. The number of rotatable bonds is 6. The Morgan fingerprint density at radius 3 is 2.68 bits per heavy atom. The van der Waals surface area contributed by atoms with Crippen molar-refractivity contribution in [2.24, 2.45) is 7.05 Å². The highest BCUT2D eigenvalue weighted by atomic mass is 35.5. The third-order valence-electron chi connectivity index (χ3n) is 5.21. The first-order valence-corrected chi connectivity index (χ1v) is 10.8. The molecule has 3 aromatic heterocycles. The van der Waals surface area contributed by atoms with Crippen LogP contribution in [0.5, 0.6) is 5.75 Å². The number of nitrogens with one attached hydrogen (secondary N) is 1. The highest BCUT2D eigenvalue weighted by Gasteiger charge is 2.18. The van der Waals surface area contributed by atoms with E-state index in [2.05, 4.69) is 30.4 Å². The smallest absolute Gasteiger partial charge is 0.168 e. The fraction of sp³-hybridized carbons (Fsp3) is 0.125. The fourth-order valence-corrected chi connectivity index (χ4v) is 3.73. The Bertz CT molecular complexity index is 1480. The van der Waals surface area contributed by atoms with Crippen LogP contribution in [0.2, 0.25) is 5.02 Å². The standard InChI is InChI=1S/C24H19ClFN7O/c1-14(23-27-7-4-8-28-23)34-21-10-17-20(9-16(21)15-11-31-33(2)12-15)29-13-30-24(17)32-19-6-3-5-18(25)22(19)26/h3-14H,1-2H3,(H,29,30,32)/t14-/m0/s1. The van der Waals surface area contributed by atoms with Crippen molar-refractivity contribution in [3.05, 3.63) is 84.2 Å². The molecule has 34 heavy (non-hydrogen) atoms. The molecule has 0 aliphatic heterocycles. The van der Waals surface area contributed by atoms with Crippen LogP contribution in [0.15, 0.2) is 67.5 Å². The molecule has 0 saturated carbocycles. The highest BCUT2D eigenvalue weighted by molar-refractivity contribution is 6.31. The molecule has 5 rings (SSSR count). The molecule has 10 heteroatoms. The van der Waals surface area contributed by atoms with Gasteiger partial charge in [0.2, 0.25) is 0 Å². The Kier molecular flexibility index (Phi) is 5.77. The molecule has 8 nitrogen and oxygen atoms in total. The number of fused-ring (bicyclic) bond motifs is 1. The topological polar surface area (TPSA) is 90.6 Å². The largest absolute Gasteiger partial charge is 0.482 e. The Morgan fingerprint density at radius 1 is 1.09 bits per heavy atom. The lowest BCUT2D eigenvalue weighted by Gasteiger charge is -2.18. The summed E-state index contributed by atoms with van der Waals surface area (Å²) in [4.78, 5) is 17.3. The third-order valence-corrected chi connectivity index (χ3v) is 5.50. The van der Waals surface area contributed by atoms with Crippen molar-refractivity contribution in [3.63, 3.8) is 0 Å². The van der Waals surface area contributed by atoms with Gasteiger partial charge in [-0.1, -0.05) is 17.7 Å². The van der Waals surface area contributed by atoms with Gasteiger partial charge in [-0.15, -0.1) is 0 Å². The minimum Gasteiger partial charge on any atom is -0.482 e. The van der Waals surface area contributed by atoms with Gasteiger partial charge in [-0.25, -0.2) is 24.3 Å². The number of nitrogens with zero attached hydrogens (tertiary/aromatic N) is 6. The summed E-state index contributed by atoms with van der Waals surface area (Å²) < 4.78 is 22.5. The zero-order chi connectivity index (χ0) is 23.7. The van der Waals surface area contributed by atoms with E-state index in [0.717, 1.165) is 11.1 Å². The second kappa shape index (κ2) is 9.03. The van der Waals surface area contributed by atoms with Crippen LogP contribution in [0.3, 0.4) is 0 Å². The fourth-order valence-electron chi connectivity index (χ4n) is 3.56. The van der Waals surface area contributed by atoms with Gasteiger partial charge < -0.3 is 10.1 Å². The molecule has 170 valence electrons. The normalized spacial score (nSPS) is 12.0. The second-order valence-corrected chi connectivity index (χ2v) is 7.99. The summed E-state index contributed by atoms with van der Waals surface area (Å²) in [6.07, 6.45) is 7.96. The summed E-state index contributed by atoms with van der Waals surface area (Å²) in [6, 6.07) is 10.2. The van der Waals surface area contributed by atoms with E-state index in [4.69, 9.17) is 16.3 Å². The second-order valence-electron chi connectivity index (χ2n) is 7.58. The van der Waals surface area contributed by atoms with Gasteiger partial charge in [-0.05, 0) is 37.3 Å². The first kappa shape index (κ1) is 21.7. The molecule has 1 N–H and O–H groups in total. The quantitative estimate of drug-likeness (QED) is 0.347. The summed E-state index contributed by atoms with van der Waals surface area (Å²) in [5.74, 6) is 0.958. The van der Waals surface area contributed by atoms with E-state index in [1.807, 2.05) is 32.3 Å². The van der Waals surface area contributed by atoms with Gasteiger partial charge >= 0.3 is 0 Å². The molecule has 0 radical (unpaired) electrons. The monoisotopic (exact) mass is 475 g/mol. The number of benzene rings is 2. The minimum atomic E-state index is -0.561. The molecule has 0 saturated heterocycles. The minimum absolute atomic E-state index is 0.0166. The molecule has 0 spiro atoms. The molecular weight excluding hydrogens is 457 g/mol. The number of halogens is 2. The van der Waals surface area contributed by atoms with Gasteiger partial charge in [0.05, 0.1) is 22.4 Å². The van der Waals surface area contributed by atoms with E-state index < -0.39 is 11.9 Å². The van der Waals surface area contributed by atoms with E-state index in [-0.39, 0.29) is 10.7 Å². The van der Waals surface area contributed by atoms with Crippen LogP contribution in [0, 0.1) is 5.82 Å². The average molecular weight is 476 g/mol. The van der Waals surface area contributed by atoms with Crippen molar-refractivity contribution in [1.82, 2.24) is 29.7 Å². The summed E-state index contributed by atoms with van der Waals surface area (Å²) in [6.45, 7) is 1.87. The van der Waals surface area contributed by atoms with Crippen LogP contribution >= 0.6 is 11.6 Å². The van der Waals surface area contributed by atoms with Crippen LogP contribution in [0.4, 0.5) is 15.9 Å². The molecule has 2 aromatic carbocycles. The molecule has 0 unspecified atom stereocenters. The Hall–Kier alpha value is -4.11. The SMILES string of the molecule is C[C@H](Oc1cc2c(Nc3cccc(Cl)c3F)ncnc2cc1-c1cnn(C)c1)c1ncccn1. The molecule has 0 aliphatic carbocycles. The zero-order valence-electron chi connectivity index (χ0n) is 18.3. The van der Waals surface area contributed by atoms with Crippen molar-refractivity contribution >= 4 is 34.0 Å². The van der Waals surface area contributed by atoms with Gasteiger partial charge in [0.25, 0.3) is 0 Å². The number of hydrogen-bond acceptors (Lipinski definition) is 7. The van der Waals surface area contributed by atoms with Gasteiger partial charge in [0.1, 0.15) is 17.9 Å². The van der Waals surface area contributed by atoms with Crippen LogP contribution < -0.4 is 10.1 Å². The van der Waals surface area contributed by atoms with Crippen LogP contribution in [0.25, 0.3) is 22.0 Å². The van der Waals surface area contributed by atoms with Crippen molar-refractivity contribution < 1.29 is 9.13 Å². The molecule has 0 amide bonds. The molecule has 1 atom stereocenters. The molecule has 0 aliphatic rings. The lowest BCUT2D eigenvalue weighted by atomic mass is 10.0. The lowest BCUT2D eigenvalue weighted by molar-refractivity contribution is 0.217. The number of aryl methyl sites for hydroxylation is 1. The number of anilines is 2. The number of aromatic nitrogens is 6. The van der Waals surface area contributed by atoms with Gasteiger partial charge in [-0.2, -0.15) is 5.10 Å². The average Bonchev–Trinajstić information content (AvgIpc) is 3.28. The van der Waals surface area contributed by atoms with Gasteiger partial charge in [-0.3, -0.25) is 4.68 Å². The third kappa shape index (κ3) is 4.25. The first-order chi connectivity index (χ1) is 16.5. The van der Waals surface area contributed by atoms with Crippen LogP contribution in [-0.4, -0.2) is 29.7 Å². The first-order valence-electron chi connectivity index (χ1n) is 10.4.